The van der Waals surface area contributed by atoms with Crippen molar-refractivity contribution >= 4 is 57.7 Å². The summed E-state index contributed by atoms with van der Waals surface area (Å²) in [4.78, 5) is 115. The summed E-state index contributed by atoms with van der Waals surface area (Å²) >= 11 is 0. The maximum atomic E-state index is 14.7. The first-order chi connectivity index (χ1) is 41.5. The summed E-state index contributed by atoms with van der Waals surface area (Å²) in [5.41, 5.74) is 6.38. The highest BCUT2D eigenvalue weighted by molar-refractivity contribution is 7.81. The Bertz CT molecular complexity index is 3300. The van der Waals surface area contributed by atoms with Gasteiger partial charge in [0.2, 0.25) is 41.4 Å². The van der Waals surface area contributed by atoms with E-state index in [9.17, 15) is 92.2 Å². The summed E-state index contributed by atoms with van der Waals surface area (Å²) in [6.07, 6.45) is -14.3. The van der Waals surface area contributed by atoms with Crippen LogP contribution >= 0.6 is 0 Å². The van der Waals surface area contributed by atoms with Gasteiger partial charge in [0, 0.05) is 48.2 Å². The summed E-state index contributed by atoms with van der Waals surface area (Å²) in [5, 5.41) is 105. The number of aromatic hydroxyl groups is 1. The topological polar surface area (TPSA) is 490 Å². The van der Waals surface area contributed by atoms with Gasteiger partial charge in [0.25, 0.3) is 5.91 Å². The zero-order chi connectivity index (χ0) is 64.5. The van der Waals surface area contributed by atoms with Crippen LogP contribution in [0.3, 0.4) is 0 Å². The van der Waals surface area contributed by atoms with E-state index in [1.54, 1.807) is 30.3 Å². The van der Waals surface area contributed by atoms with E-state index < -0.39 is 199 Å². The molecule has 0 aliphatic carbocycles. The van der Waals surface area contributed by atoms with Gasteiger partial charge in [-0.2, -0.15) is 8.42 Å². The van der Waals surface area contributed by atoms with Crippen LogP contribution < -0.4 is 41.2 Å². The van der Waals surface area contributed by atoms with Gasteiger partial charge in [0.15, 0.2) is 17.3 Å². The monoisotopic (exact) mass is 1250 g/mol. The highest BCUT2D eigenvalue weighted by Crippen LogP contribution is 2.33. The number of unbranched alkanes of at least 4 members (excludes halogenated alkanes) is 2. The molecular formula is C56H71N9O22S. The number of carbonyl (C=O) groups is 8. The van der Waals surface area contributed by atoms with Crippen molar-refractivity contribution in [1.82, 2.24) is 41.5 Å². The number of amides is 8. The van der Waals surface area contributed by atoms with Gasteiger partial charge in [-0.3, -0.25) is 42.9 Å². The van der Waals surface area contributed by atoms with Crippen molar-refractivity contribution in [1.29, 1.82) is 0 Å². The Hall–Kier alpha value is -8.34. The molecule has 1 aromatic heterocycles. The Morgan fingerprint density at radius 1 is 0.795 bits per heavy atom. The molecule has 4 heterocycles. The Morgan fingerprint density at radius 3 is 2.09 bits per heavy atom. The minimum absolute atomic E-state index is 0.0229. The second-order valence-electron chi connectivity index (χ2n) is 21.8. The van der Waals surface area contributed by atoms with Crippen LogP contribution in [0.4, 0.5) is 0 Å². The number of benzene rings is 3. The van der Waals surface area contributed by atoms with Crippen LogP contribution in [0.5, 0.6) is 17.2 Å². The molecule has 32 heteroatoms. The molecule has 3 aliphatic heterocycles. The van der Waals surface area contributed by atoms with E-state index in [0.29, 0.717) is 50.8 Å². The summed E-state index contributed by atoms with van der Waals surface area (Å²) in [6.45, 7) is 3.96. The van der Waals surface area contributed by atoms with Crippen molar-refractivity contribution in [3.63, 3.8) is 0 Å². The number of carbonyl (C=O) groups excluding carboxylic acids is 8. The fourth-order valence-electron chi connectivity index (χ4n) is 10.3. The minimum atomic E-state index is -5.34. The lowest BCUT2D eigenvalue weighted by Gasteiger charge is -2.34. The van der Waals surface area contributed by atoms with Crippen molar-refractivity contribution in [2.75, 3.05) is 19.7 Å². The van der Waals surface area contributed by atoms with Crippen molar-refractivity contribution in [3.05, 3.63) is 83.9 Å². The first kappa shape index (κ1) is 67.2. The first-order valence-electron chi connectivity index (χ1n) is 28.0. The molecule has 0 saturated carbocycles. The van der Waals surface area contributed by atoms with Crippen molar-refractivity contribution in [2.45, 2.75) is 145 Å². The molecule has 88 heavy (non-hydrogen) atoms. The lowest BCUT2D eigenvalue weighted by atomic mass is 9.96. The number of nitrogens with zero attached hydrogens (tertiary/aromatic N) is 3. The third kappa shape index (κ3) is 16.6. The van der Waals surface area contributed by atoms with Gasteiger partial charge in [0.1, 0.15) is 66.1 Å². The Morgan fingerprint density at radius 2 is 1.44 bits per heavy atom. The van der Waals surface area contributed by atoms with Gasteiger partial charge >= 0.3 is 10.4 Å². The fourth-order valence-corrected chi connectivity index (χ4v) is 10.7. The van der Waals surface area contributed by atoms with Gasteiger partial charge < -0.3 is 96.4 Å². The van der Waals surface area contributed by atoms with Crippen LogP contribution in [-0.2, 0) is 44.0 Å². The number of aliphatic hydroxyl groups is 7. The fraction of sp³-hybridized carbons (Fsp3) is 0.482. The van der Waals surface area contributed by atoms with Gasteiger partial charge in [-0.15, -0.1) is 0 Å². The summed E-state index contributed by atoms with van der Waals surface area (Å²) in [7, 11) is -5.34. The maximum Gasteiger partial charge on any atom is 0.446 e. The number of phenolic OH excluding ortho intramolecular Hbond substituents is 1. The predicted molar refractivity (Wildman–Crippen MR) is 302 cm³/mol. The number of nitrogens with one attached hydrogen (secondary N) is 5. The average molecular weight is 1250 g/mol. The first-order valence-corrected chi connectivity index (χ1v) is 29.4. The molecule has 478 valence electrons. The quantitative estimate of drug-likeness (QED) is 0.0352. The van der Waals surface area contributed by atoms with Crippen LogP contribution in [-0.4, -0.2) is 209 Å². The van der Waals surface area contributed by atoms with Gasteiger partial charge in [-0.1, -0.05) is 50.0 Å². The zero-order valence-electron chi connectivity index (χ0n) is 47.7. The molecule has 4 aromatic rings. The second kappa shape index (κ2) is 29.1. The lowest BCUT2D eigenvalue weighted by Crippen LogP contribution is -2.64. The molecule has 14 atom stereocenters. The van der Waals surface area contributed by atoms with Crippen LogP contribution in [0.15, 0.2) is 77.3 Å². The van der Waals surface area contributed by atoms with Crippen LogP contribution in [0.2, 0.25) is 0 Å². The minimum Gasteiger partial charge on any atom is -0.504 e. The standard InChI is InChI=1S/C56H71N9O22S/c1-4-5-6-19-85-33-14-11-29(12-15-33)39-22-35(63-86-39)28-7-9-30(10-8-28)50(75)58-34-16-18-42(71)59-54(79)46-47(72)26(2)24-65(46)56(81)44(38(69)23-41(57)70)61-53(78)45(49(74)48(73)31-13-17-37(68)40(20-31)87-88(82,83)84)62-52(77)36-21-32(67)25-64(36)55(80)43(27(3)66)60-51(34)76/h7-15,17,20,22,26-27,32,34,36,38,42-49,66-69,71-74H,4-6,16,18-19,21,23-25H2,1-3H3,(H2,57,70)(H,58,75)(H,59,79)(H,60,76)(H,61,78)(H,62,77)(H,82,83,84). The van der Waals surface area contributed by atoms with Crippen molar-refractivity contribution in [2.24, 2.45) is 11.7 Å². The molecular weight excluding hydrogens is 1180 g/mol. The van der Waals surface area contributed by atoms with E-state index in [2.05, 4.69) is 42.8 Å². The molecule has 0 radical (unpaired) electrons. The molecule has 31 nitrogen and oxygen atoms in total. The normalized spacial score (nSPS) is 25.8. The van der Waals surface area contributed by atoms with Crippen molar-refractivity contribution < 1.29 is 106 Å². The molecule has 3 aromatic carbocycles. The lowest BCUT2D eigenvalue weighted by molar-refractivity contribution is -0.149. The molecule has 3 aliphatic rings. The third-order valence-electron chi connectivity index (χ3n) is 15.1. The number of fused-ring (bicyclic) bond motifs is 2. The predicted octanol–water partition coefficient (Wildman–Crippen LogP) is -2.87. The van der Waals surface area contributed by atoms with E-state index in [-0.39, 0.29) is 5.56 Å². The number of nitrogens with two attached hydrogens (primary N) is 1. The molecule has 7 rings (SSSR count). The summed E-state index contributed by atoms with van der Waals surface area (Å²) < 4.78 is 48.1. The van der Waals surface area contributed by atoms with Crippen LogP contribution in [0.1, 0.15) is 87.7 Å². The van der Waals surface area contributed by atoms with E-state index >= 15 is 0 Å². The third-order valence-corrected chi connectivity index (χ3v) is 15.5. The van der Waals surface area contributed by atoms with Gasteiger partial charge in [-0.05, 0) is 80.3 Å². The van der Waals surface area contributed by atoms with Crippen LogP contribution in [0, 0.1) is 5.92 Å². The Labute approximate surface area is 503 Å². The SMILES string of the molecule is CCCCCOc1ccc(-c2cc(-c3ccc(C(=O)NC4CCC(O)NC(=O)C5C(O)C(C)CN5C(=O)C(C(O)CC(N)=O)NC(=O)C(C(O)C(O)c5ccc(O)c(OS(=O)(=O)O)c5)NC(=O)C5CC(O)CN5C(=O)C(C(C)O)NC4=O)cc3)no2)cc1. The largest absolute Gasteiger partial charge is 0.504 e. The van der Waals surface area contributed by atoms with Gasteiger partial charge in [-0.25, -0.2) is 0 Å². The molecule has 3 saturated heterocycles. The second-order valence-corrected chi connectivity index (χ2v) is 22.8. The van der Waals surface area contributed by atoms with E-state index in [0.717, 1.165) is 38.3 Å². The molecule has 0 bridgehead atoms. The molecule has 0 spiro atoms. The number of hydrogen-bond acceptors (Lipinski definition) is 22. The number of primary amides is 1. The van der Waals surface area contributed by atoms with E-state index in [4.69, 9.17) is 15.0 Å². The molecule has 8 amide bonds. The molecule has 16 N–H and O–H groups in total. The number of ether oxygens (including phenoxy) is 1. The summed E-state index contributed by atoms with van der Waals surface area (Å²) in [6, 6.07) is 4.48. The number of rotatable bonds is 18. The van der Waals surface area contributed by atoms with Gasteiger partial charge in [0.05, 0.1) is 37.4 Å². The van der Waals surface area contributed by atoms with E-state index in [1.165, 1.54) is 19.1 Å². The average Bonchev–Trinajstić information content (AvgIpc) is 2.88. The van der Waals surface area contributed by atoms with E-state index in [1.807, 2.05) is 12.1 Å². The Kier molecular flexibility index (Phi) is 22.2. The highest BCUT2D eigenvalue weighted by atomic mass is 32.3. The zero-order valence-corrected chi connectivity index (χ0v) is 48.6. The smallest absolute Gasteiger partial charge is 0.446 e. The number of phenols is 1. The number of aromatic nitrogens is 1. The molecule has 3 fully saturated rings. The highest BCUT2D eigenvalue weighted by Gasteiger charge is 2.50. The number of aliphatic hydroxyl groups excluding tert-OH is 7. The maximum absolute atomic E-state index is 14.7. The Balaban J connectivity index is 1.21. The van der Waals surface area contributed by atoms with Crippen LogP contribution in [0.25, 0.3) is 22.6 Å². The number of hydrogen-bond donors (Lipinski definition) is 15. The summed E-state index contributed by atoms with van der Waals surface area (Å²) in [5.74, 6) is -12.1. The molecule has 14 unspecified atom stereocenters. The van der Waals surface area contributed by atoms with Crippen molar-refractivity contribution in [3.8, 4) is 39.8 Å².